The Morgan fingerprint density at radius 3 is 2.90 bits per heavy atom. The van der Waals surface area contributed by atoms with Crippen LogP contribution in [0.25, 0.3) is 0 Å². The molecule has 0 spiro atoms. The topological polar surface area (TPSA) is 93.4 Å². The minimum Gasteiger partial charge on any atom is -0.379 e. The van der Waals surface area contributed by atoms with E-state index in [0.717, 1.165) is 31.9 Å². The summed E-state index contributed by atoms with van der Waals surface area (Å²) in [6.45, 7) is 2.54. The van der Waals surface area contributed by atoms with Gasteiger partial charge in [0, 0.05) is 37.6 Å². The number of nitrogens with one attached hydrogen (secondary N) is 1. The van der Waals surface area contributed by atoms with E-state index in [1.165, 1.54) is 0 Å². The molecule has 21 heavy (non-hydrogen) atoms. The second kappa shape index (κ2) is 6.36. The number of ether oxygens (including phenoxy) is 1. The van der Waals surface area contributed by atoms with E-state index in [4.69, 9.17) is 10.5 Å². The molecule has 3 rings (SSSR count). The summed E-state index contributed by atoms with van der Waals surface area (Å²) in [5, 5.41) is 3.09. The number of nitrogens with zero attached hydrogens (tertiary/aromatic N) is 3. The molecule has 2 saturated heterocycles. The van der Waals surface area contributed by atoms with E-state index in [1.54, 1.807) is 18.5 Å². The number of piperidine rings is 1. The number of hydrogen-bond donors (Lipinski definition) is 2. The van der Waals surface area contributed by atoms with E-state index in [9.17, 15) is 4.79 Å². The maximum atomic E-state index is 12.2. The fourth-order valence-electron chi connectivity index (χ4n) is 2.88. The van der Waals surface area contributed by atoms with E-state index in [1.807, 2.05) is 0 Å². The summed E-state index contributed by atoms with van der Waals surface area (Å²) >= 11 is 0. The summed E-state index contributed by atoms with van der Waals surface area (Å²) in [5.74, 6) is 0.492. The van der Waals surface area contributed by atoms with Gasteiger partial charge in [0.05, 0.1) is 19.1 Å². The number of aromatic nitrogens is 2. The van der Waals surface area contributed by atoms with E-state index < -0.39 is 0 Å². The number of hydrogen-bond acceptors (Lipinski definition) is 6. The monoisotopic (exact) mass is 291 g/mol. The molecule has 3 unspecified atom stereocenters. The van der Waals surface area contributed by atoms with E-state index in [0.29, 0.717) is 13.2 Å². The molecule has 2 aliphatic heterocycles. The molecule has 0 radical (unpaired) electrons. The molecular weight excluding hydrogens is 270 g/mol. The molecule has 0 saturated carbocycles. The molecule has 0 aliphatic carbocycles. The lowest BCUT2D eigenvalue weighted by Crippen LogP contribution is -2.51. The highest BCUT2D eigenvalue weighted by molar-refractivity contribution is 5.80. The molecule has 7 heteroatoms. The van der Waals surface area contributed by atoms with Crippen LogP contribution < -0.4 is 16.0 Å². The van der Waals surface area contributed by atoms with Crippen LogP contribution in [0.2, 0.25) is 0 Å². The molecule has 0 aromatic carbocycles. The summed E-state index contributed by atoms with van der Waals surface area (Å²) in [4.78, 5) is 22.9. The highest BCUT2D eigenvalue weighted by Gasteiger charge is 2.33. The molecular formula is C14H21N5O2. The number of amides is 1. The van der Waals surface area contributed by atoms with E-state index in [2.05, 4.69) is 20.2 Å². The number of carbonyl (C=O) groups is 1. The normalized spacial score (nSPS) is 29.4. The van der Waals surface area contributed by atoms with Crippen molar-refractivity contribution in [3.8, 4) is 0 Å². The predicted molar refractivity (Wildman–Crippen MR) is 77.7 cm³/mol. The first-order chi connectivity index (χ1) is 10.2. The van der Waals surface area contributed by atoms with Crippen molar-refractivity contribution < 1.29 is 9.53 Å². The maximum absolute atomic E-state index is 12.2. The number of nitrogens with two attached hydrogens (primary N) is 1. The van der Waals surface area contributed by atoms with Gasteiger partial charge < -0.3 is 20.7 Å². The summed E-state index contributed by atoms with van der Waals surface area (Å²) in [7, 11) is 0. The van der Waals surface area contributed by atoms with Gasteiger partial charge in [-0.1, -0.05) is 0 Å². The van der Waals surface area contributed by atoms with Gasteiger partial charge in [-0.2, -0.15) is 0 Å². The zero-order chi connectivity index (χ0) is 14.7. The SMILES string of the molecule is NC1COCC1C(=O)NC1CCCN(c2ncccn2)C1. The minimum atomic E-state index is -0.228. The zero-order valence-electron chi connectivity index (χ0n) is 11.9. The number of rotatable bonds is 3. The fourth-order valence-corrected chi connectivity index (χ4v) is 2.88. The fraction of sp³-hybridized carbons (Fsp3) is 0.643. The summed E-state index contributed by atoms with van der Waals surface area (Å²) < 4.78 is 5.25. The van der Waals surface area contributed by atoms with Crippen molar-refractivity contribution in [3.63, 3.8) is 0 Å². The molecule has 2 fully saturated rings. The van der Waals surface area contributed by atoms with Crippen LogP contribution in [-0.2, 0) is 9.53 Å². The summed E-state index contributed by atoms with van der Waals surface area (Å²) in [6, 6.07) is 1.72. The molecule has 7 nitrogen and oxygen atoms in total. The first-order valence-electron chi connectivity index (χ1n) is 7.39. The van der Waals surface area contributed by atoms with Gasteiger partial charge in [-0.3, -0.25) is 4.79 Å². The van der Waals surface area contributed by atoms with E-state index in [-0.39, 0.29) is 23.9 Å². The highest BCUT2D eigenvalue weighted by atomic mass is 16.5. The van der Waals surface area contributed by atoms with Crippen molar-refractivity contribution in [1.29, 1.82) is 0 Å². The highest BCUT2D eigenvalue weighted by Crippen LogP contribution is 2.17. The molecule has 3 N–H and O–H groups in total. The van der Waals surface area contributed by atoms with Crippen molar-refractivity contribution in [2.75, 3.05) is 31.2 Å². The lowest BCUT2D eigenvalue weighted by Gasteiger charge is -2.33. The second-order valence-electron chi connectivity index (χ2n) is 5.65. The second-order valence-corrected chi connectivity index (χ2v) is 5.65. The smallest absolute Gasteiger partial charge is 0.227 e. The third kappa shape index (κ3) is 3.30. The molecule has 3 atom stereocenters. The van der Waals surface area contributed by atoms with Crippen molar-refractivity contribution in [2.45, 2.75) is 24.9 Å². The zero-order valence-corrected chi connectivity index (χ0v) is 11.9. The average Bonchev–Trinajstić information content (AvgIpc) is 2.95. The quantitative estimate of drug-likeness (QED) is 0.782. The van der Waals surface area contributed by atoms with Crippen molar-refractivity contribution >= 4 is 11.9 Å². The van der Waals surface area contributed by atoms with Gasteiger partial charge in [0.2, 0.25) is 11.9 Å². The minimum absolute atomic E-state index is 0.000769. The van der Waals surface area contributed by atoms with Gasteiger partial charge in [0.1, 0.15) is 0 Å². The Labute approximate surface area is 123 Å². The van der Waals surface area contributed by atoms with Crippen LogP contribution in [0, 0.1) is 5.92 Å². The van der Waals surface area contributed by atoms with Gasteiger partial charge in [-0.05, 0) is 18.9 Å². The lowest BCUT2D eigenvalue weighted by molar-refractivity contribution is -0.126. The van der Waals surface area contributed by atoms with Gasteiger partial charge in [0.25, 0.3) is 0 Å². The van der Waals surface area contributed by atoms with Crippen molar-refractivity contribution in [2.24, 2.45) is 11.7 Å². The van der Waals surface area contributed by atoms with Crippen molar-refractivity contribution in [3.05, 3.63) is 18.5 Å². The Balaban J connectivity index is 1.57. The van der Waals surface area contributed by atoms with Crippen LogP contribution in [0.15, 0.2) is 18.5 Å². The third-order valence-corrected chi connectivity index (χ3v) is 4.06. The predicted octanol–water partition coefficient (Wildman–Crippen LogP) is -0.465. The van der Waals surface area contributed by atoms with Crippen LogP contribution in [-0.4, -0.2) is 54.3 Å². The maximum Gasteiger partial charge on any atom is 0.227 e. The Morgan fingerprint density at radius 1 is 1.38 bits per heavy atom. The van der Waals surface area contributed by atoms with Crippen LogP contribution in [0.4, 0.5) is 5.95 Å². The molecule has 1 aromatic heterocycles. The molecule has 2 aliphatic rings. The first kappa shape index (κ1) is 14.2. The molecule has 114 valence electrons. The lowest BCUT2D eigenvalue weighted by atomic mass is 10.0. The largest absolute Gasteiger partial charge is 0.379 e. The Kier molecular flexibility index (Phi) is 4.31. The molecule has 1 aromatic rings. The van der Waals surface area contributed by atoms with E-state index >= 15 is 0 Å². The Hall–Kier alpha value is -1.73. The van der Waals surface area contributed by atoms with Crippen LogP contribution in [0.5, 0.6) is 0 Å². The standard InChI is InChI=1S/C14H21N5O2/c15-12-9-21-8-11(12)13(20)18-10-3-1-6-19(7-10)14-16-4-2-5-17-14/h2,4-5,10-12H,1,3,6-9,15H2,(H,18,20). The summed E-state index contributed by atoms with van der Waals surface area (Å²) in [6.07, 6.45) is 5.45. The molecule has 3 heterocycles. The van der Waals surface area contributed by atoms with Gasteiger partial charge >= 0.3 is 0 Å². The summed E-state index contributed by atoms with van der Waals surface area (Å²) in [5.41, 5.74) is 5.89. The first-order valence-corrected chi connectivity index (χ1v) is 7.39. The Morgan fingerprint density at radius 2 is 2.19 bits per heavy atom. The third-order valence-electron chi connectivity index (χ3n) is 4.06. The van der Waals surface area contributed by atoms with Crippen LogP contribution in [0.3, 0.4) is 0 Å². The van der Waals surface area contributed by atoms with Crippen LogP contribution in [0.1, 0.15) is 12.8 Å². The molecule has 1 amide bonds. The van der Waals surface area contributed by atoms with Crippen molar-refractivity contribution in [1.82, 2.24) is 15.3 Å². The van der Waals surface area contributed by atoms with Crippen LogP contribution >= 0.6 is 0 Å². The Bertz CT molecular complexity index is 484. The molecule has 0 bridgehead atoms. The van der Waals surface area contributed by atoms with Gasteiger partial charge in [0.15, 0.2) is 0 Å². The number of carbonyl (C=O) groups excluding carboxylic acids is 1. The average molecular weight is 291 g/mol. The number of anilines is 1. The van der Waals surface area contributed by atoms with Gasteiger partial charge in [-0.25, -0.2) is 9.97 Å². The van der Waals surface area contributed by atoms with Gasteiger partial charge in [-0.15, -0.1) is 0 Å².